The van der Waals surface area contributed by atoms with Crippen LogP contribution in [0.3, 0.4) is 0 Å². The van der Waals surface area contributed by atoms with Gasteiger partial charge in [-0.15, -0.1) is 11.8 Å². The Hall–Kier alpha value is -4.31. The number of aliphatic carboxylic acids is 1. The third-order valence-electron chi connectivity index (χ3n) is 6.20. The van der Waals surface area contributed by atoms with Crippen molar-refractivity contribution < 1.29 is 33.7 Å². The average Bonchev–Trinajstić information content (AvgIpc) is 3.59. The molecule has 202 valence electrons. The lowest BCUT2D eigenvalue weighted by molar-refractivity contribution is -0.689. The predicted octanol–water partition coefficient (Wildman–Crippen LogP) is -0.615. The number of aromatic nitrogens is 3. The maximum atomic E-state index is 13.2. The first kappa shape index (κ1) is 26.3. The number of hydrogen-bond donors (Lipinski definition) is 4. The summed E-state index contributed by atoms with van der Waals surface area (Å²) in [6.45, 7) is 0.182. The fourth-order valence-corrected chi connectivity index (χ4v) is 6.06. The molecule has 5 rings (SSSR count). The van der Waals surface area contributed by atoms with E-state index in [-0.39, 0.29) is 35.0 Å². The molecule has 2 aliphatic heterocycles. The lowest BCUT2D eigenvalue weighted by Gasteiger charge is -2.49. The number of carboxylic acids is 1. The van der Waals surface area contributed by atoms with Crippen molar-refractivity contribution in [2.45, 2.75) is 36.9 Å². The third-order valence-corrected chi connectivity index (χ3v) is 8.08. The number of carbonyl (C=O) groups is 4. The predicted molar refractivity (Wildman–Crippen MR) is 139 cm³/mol. The molecule has 6 N–H and O–H groups in total. The summed E-state index contributed by atoms with van der Waals surface area (Å²) in [5, 5.41) is 16.0. The number of β-lactam (4-membered cyclic amide) rings is 1. The smallest absolute Gasteiger partial charge is 0.352 e. The van der Waals surface area contributed by atoms with Crippen LogP contribution in [-0.4, -0.2) is 72.0 Å². The maximum absolute atomic E-state index is 13.2. The Labute approximate surface area is 229 Å². The van der Waals surface area contributed by atoms with Crippen molar-refractivity contribution in [2.24, 2.45) is 10.9 Å². The topological polar surface area (TPSA) is 207 Å². The van der Waals surface area contributed by atoms with Crippen molar-refractivity contribution in [2.75, 3.05) is 11.5 Å². The molecule has 2 unspecified atom stereocenters. The van der Waals surface area contributed by atoms with E-state index < -0.39 is 35.1 Å². The summed E-state index contributed by atoms with van der Waals surface area (Å²) in [4.78, 5) is 60.4. The molecule has 1 fully saturated rings. The van der Waals surface area contributed by atoms with Crippen LogP contribution in [0.1, 0.15) is 29.0 Å². The van der Waals surface area contributed by atoms with Crippen LogP contribution >= 0.6 is 23.3 Å². The van der Waals surface area contributed by atoms with Gasteiger partial charge in [0.15, 0.2) is 24.1 Å². The standard InChI is InChI=1S/C23H22N8O6S2/c24-17(32)11-5-7-30(8-6-11)9-12-10-38-21-15(20(34)31(21)16(12)22(35)36)26-19(33)14(18-27-23(25)39-29-18)28-37-13-3-1-2-4-13/h1,3,5-8,13,15,21H,2,4,9-10H2,(H5-,24,25,26,27,29,32,33,35,36)/p+1/t13?,15?,21-/m0/s1. The number of anilines is 1. The molecular weight excluding hydrogens is 548 g/mol. The van der Waals surface area contributed by atoms with Crippen LogP contribution in [0.2, 0.25) is 0 Å². The molecule has 14 nitrogen and oxygen atoms in total. The second kappa shape index (κ2) is 10.8. The van der Waals surface area contributed by atoms with Crippen LogP contribution in [0.15, 0.2) is 53.1 Å². The van der Waals surface area contributed by atoms with Crippen LogP contribution in [0, 0.1) is 0 Å². The van der Waals surface area contributed by atoms with E-state index in [0.29, 0.717) is 23.3 Å². The largest absolute Gasteiger partial charge is 0.477 e. The molecule has 3 atom stereocenters. The molecule has 39 heavy (non-hydrogen) atoms. The SMILES string of the molecule is NC(=O)c1cc[n+](CC2=C(C(=O)O)N3C(=O)C(NC(=O)C(=NOC4C=CCC4)c4nsc(N)n4)[C@@H]3SC2)cc1. The molecule has 0 radical (unpaired) electrons. The van der Waals surface area contributed by atoms with E-state index >= 15 is 0 Å². The zero-order chi connectivity index (χ0) is 27.7. The number of carboxylic acid groups (broad SMARTS) is 1. The summed E-state index contributed by atoms with van der Waals surface area (Å²) < 4.78 is 5.72. The van der Waals surface area contributed by atoms with Crippen molar-refractivity contribution in [3.8, 4) is 0 Å². The van der Waals surface area contributed by atoms with E-state index in [9.17, 15) is 24.3 Å². The molecule has 16 heteroatoms. The number of pyridine rings is 1. The number of amides is 3. The zero-order valence-electron chi connectivity index (χ0n) is 20.2. The van der Waals surface area contributed by atoms with Gasteiger partial charge < -0.3 is 26.7 Å². The number of allylic oxidation sites excluding steroid dienone is 1. The van der Waals surface area contributed by atoms with Gasteiger partial charge in [0.05, 0.1) is 5.56 Å². The first-order valence-corrected chi connectivity index (χ1v) is 13.5. The minimum Gasteiger partial charge on any atom is -0.477 e. The number of primary amides is 1. The number of nitrogen functional groups attached to an aromatic ring is 1. The van der Waals surface area contributed by atoms with Crippen molar-refractivity contribution in [3.63, 3.8) is 0 Å². The number of fused-ring (bicyclic) bond motifs is 1. The van der Waals surface area contributed by atoms with Gasteiger partial charge in [0.25, 0.3) is 11.8 Å². The highest BCUT2D eigenvalue weighted by atomic mass is 32.2. The maximum Gasteiger partial charge on any atom is 0.352 e. The van der Waals surface area contributed by atoms with Gasteiger partial charge in [0.2, 0.25) is 17.4 Å². The molecular formula is C23H23N8O6S2+. The molecule has 2 aromatic rings. The Morgan fingerprint density at radius 2 is 2.08 bits per heavy atom. The quantitative estimate of drug-likeness (QED) is 0.0986. The van der Waals surface area contributed by atoms with E-state index in [2.05, 4.69) is 19.8 Å². The minimum absolute atomic E-state index is 0.0373. The Morgan fingerprint density at radius 1 is 1.31 bits per heavy atom. The van der Waals surface area contributed by atoms with E-state index in [1.165, 1.54) is 28.8 Å². The van der Waals surface area contributed by atoms with Crippen molar-refractivity contribution in [3.05, 3.63) is 59.3 Å². The van der Waals surface area contributed by atoms with Gasteiger partial charge in [-0.3, -0.25) is 19.3 Å². The Bertz CT molecular complexity index is 1440. The molecule has 4 heterocycles. The van der Waals surface area contributed by atoms with Crippen molar-refractivity contribution >= 4 is 57.8 Å². The summed E-state index contributed by atoms with van der Waals surface area (Å²) in [5.74, 6) is -2.89. The zero-order valence-corrected chi connectivity index (χ0v) is 21.9. The third kappa shape index (κ3) is 5.33. The van der Waals surface area contributed by atoms with E-state index in [0.717, 1.165) is 18.0 Å². The lowest BCUT2D eigenvalue weighted by Crippen LogP contribution is -2.71. The Morgan fingerprint density at radius 3 is 2.69 bits per heavy atom. The second-order valence-electron chi connectivity index (χ2n) is 8.79. The fourth-order valence-electron chi connectivity index (χ4n) is 4.29. The molecule has 0 aromatic carbocycles. The van der Waals surface area contributed by atoms with Crippen LogP contribution in [0.5, 0.6) is 0 Å². The summed E-state index contributed by atoms with van der Waals surface area (Å²) in [5.41, 5.74) is 11.4. The first-order valence-electron chi connectivity index (χ1n) is 11.7. The number of hydrogen-bond acceptors (Lipinski definition) is 11. The molecule has 3 amide bonds. The second-order valence-corrected chi connectivity index (χ2v) is 10.7. The van der Waals surface area contributed by atoms with Gasteiger partial charge in [-0.2, -0.15) is 9.36 Å². The molecule has 1 aliphatic carbocycles. The number of nitrogens with two attached hydrogens (primary N) is 2. The number of nitrogens with zero attached hydrogens (tertiary/aromatic N) is 5. The normalized spacial score (nSPS) is 22.4. The van der Waals surface area contributed by atoms with Crippen LogP contribution < -0.4 is 21.4 Å². The van der Waals surface area contributed by atoms with E-state index in [1.807, 2.05) is 12.2 Å². The van der Waals surface area contributed by atoms with Gasteiger partial charge >= 0.3 is 5.97 Å². The number of thioether (sulfide) groups is 1. The van der Waals surface area contributed by atoms with Crippen LogP contribution in [-0.2, 0) is 25.8 Å². The highest BCUT2D eigenvalue weighted by molar-refractivity contribution is 8.00. The van der Waals surface area contributed by atoms with Crippen LogP contribution in [0.25, 0.3) is 0 Å². The Kier molecular flexibility index (Phi) is 7.30. The first-order chi connectivity index (χ1) is 18.7. The summed E-state index contributed by atoms with van der Waals surface area (Å²) in [7, 11) is 0. The van der Waals surface area contributed by atoms with Crippen molar-refractivity contribution in [1.82, 2.24) is 19.6 Å². The molecule has 0 bridgehead atoms. The molecule has 0 spiro atoms. The van der Waals surface area contributed by atoms with E-state index in [4.69, 9.17) is 16.3 Å². The molecule has 2 aromatic heterocycles. The van der Waals surface area contributed by atoms with Gasteiger partial charge in [-0.05, 0) is 18.9 Å². The average molecular weight is 572 g/mol. The van der Waals surface area contributed by atoms with Crippen LogP contribution in [0.4, 0.5) is 5.13 Å². The van der Waals surface area contributed by atoms with E-state index in [1.54, 1.807) is 17.0 Å². The number of nitrogens with one attached hydrogen (secondary N) is 1. The monoisotopic (exact) mass is 571 g/mol. The minimum atomic E-state index is -1.26. The summed E-state index contributed by atoms with van der Waals surface area (Å²) in [6.07, 6.45) is 8.22. The molecule has 1 saturated heterocycles. The Balaban J connectivity index is 1.32. The fraction of sp³-hybridized carbons (Fsp3) is 0.304. The van der Waals surface area contributed by atoms with Gasteiger partial charge in [0.1, 0.15) is 23.2 Å². The number of oxime groups is 1. The highest BCUT2D eigenvalue weighted by Gasteiger charge is 2.55. The summed E-state index contributed by atoms with van der Waals surface area (Å²) in [6, 6.07) is 2.06. The van der Waals surface area contributed by atoms with Gasteiger partial charge in [0, 0.05) is 35.0 Å². The van der Waals surface area contributed by atoms with Gasteiger partial charge in [-0.1, -0.05) is 11.2 Å². The number of rotatable bonds is 9. The number of carbonyl (C=O) groups excluding carboxylic acids is 3. The lowest BCUT2D eigenvalue weighted by atomic mass is 10.0. The van der Waals surface area contributed by atoms with Gasteiger partial charge in [-0.25, -0.2) is 9.36 Å². The molecule has 3 aliphatic rings. The molecule has 0 saturated carbocycles. The van der Waals surface area contributed by atoms with Crippen molar-refractivity contribution in [1.29, 1.82) is 0 Å². The summed E-state index contributed by atoms with van der Waals surface area (Å²) >= 11 is 2.20. The highest BCUT2D eigenvalue weighted by Crippen LogP contribution is 2.40.